The summed E-state index contributed by atoms with van der Waals surface area (Å²) in [7, 11) is 0. The second-order valence-electron chi connectivity index (χ2n) is 3.06. The summed E-state index contributed by atoms with van der Waals surface area (Å²) in [5.74, 6) is 4.12. The number of nitrogens with two attached hydrogens (primary N) is 1. The van der Waals surface area contributed by atoms with Gasteiger partial charge in [-0.1, -0.05) is 0 Å². The van der Waals surface area contributed by atoms with Crippen LogP contribution in [0.2, 0.25) is 0 Å². The maximum atomic E-state index is 5.79. The van der Waals surface area contributed by atoms with Crippen molar-refractivity contribution in [3.8, 4) is 0 Å². The molecule has 0 bridgehead atoms. The molecular formula is C10H10BN. The van der Waals surface area contributed by atoms with Crippen molar-refractivity contribution in [3.05, 3.63) is 35.7 Å². The number of hydrogen-bond donors (Lipinski definition) is 1. The van der Waals surface area contributed by atoms with Gasteiger partial charge in [0.15, 0.2) is 0 Å². The minimum atomic E-state index is 0.869. The zero-order valence-corrected chi connectivity index (χ0v) is 7.04. The average molecular weight is 155 g/mol. The van der Waals surface area contributed by atoms with E-state index in [0.717, 1.165) is 11.3 Å². The predicted octanol–water partition coefficient (Wildman–Crippen LogP) is 2.07. The first-order valence-electron chi connectivity index (χ1n) is 4.02. The van der Waals surface area contributed by atoms with Gasteiger partial charge in [0.1, 0.15) is 0 Å². The van der Waals surface area contributed by atoms with Crippen LogP contribution in [0.25, 0.3) is 10.8 Å². The van der Waals surface area contributed by atoms with Crippen LogP contribution >= 0.6 is 0 Å². The van der Waals surface area contributed by atoms with Crippen LogP contribution in [0.5, 0.6) is 0 Å². The third-order valence-electron chi connectivity index (χ3n) is 2.13. The molecule has 0 aliphatic carbocycles. The fourth-order valence-corrected chi connectivity index (χ4v) is 1.37. The molecule has 12 heavy (non-hydrogen) atoms. The molecule has 0 saturated heterocycles. The van der Waals surface area contributed by atoms with Gasteiger partial charge < -0.3 is 0 Å². The molecule has 1 nitrogen and oxygen atoms in total. The third-order valence-corrected chi connectivity index (χ3v) is 2.13. The Hall–Kier alpha value is -1.31. The fourth-order valence-electron chi connectivity index (χ4n) is 1.37. The Kier molecular flexibility index (Phi) is 1.61. The van der Waals surface area contributed by atoms with E-state index < -0.39 is 0 Å². The molecule has 1 aromatic carbocycles. The first-order chi connectivity index (χ1) is 5.77. The third kappa shape index (κ3) is 1.09. The Balaban J connectivity index is 2.84. The zero-order chi connectivity index (χ0) is 8.55. The Morgan fingerprint density at radius 2 is 2.08 bits per heavy atom. The number of anilines is 1. The van der Waals surface area contributed by atoms with Gasteiger partial charge in [-0.25, -0.2) is 0 Å². The molecule has 0 aliphatic heterocycles. The number of nitrogen functional groups attached to an aromatic ring is 1. The molecule has 1 aromatic heterocycles. The Labute approximate surface area is 72.4 Å². The fraction of sp³-hybridized carbons (Fsp3) is 0.100. The summed E-state index contributed by atoms with van der Waals surface area (Å²) in [6.45, 7) is 4.07. The molecule has 0 aliphatic rings. The number of fused-ring (bicyclic) bond motifs is 1. The van der Waals surface area contributed by atoms with Crippen LogP contribution in [-0.2, 0) is 0 Å². The van der Waals surface area contributed by atoms with Gasteiger partial charge in [0.2, 0.25) is 0 Å². The van der Waals surface area contributed by atoms with Crippen LogP contribution in [0.1, 0.15) is 5.56 Å². The van der Waals surface area contributed by atoms with Crippen molar-refractivity contribution in [2.24, 2.45) is 0 Å². The van der Waals surface area contributed by atoms with Crippen LogP contribution in [-0.4, -0.2) is 6.91 Å². The SMILES string of the molecule is Cc1cc2cbccc2cc1N. The molecule has 0 atom stereocenters. The standard InChI is InChI=1S/C10H10BN/c1-7-4-9-6-11-3-2-8(9)5-10(7)12/h2-6H,12H2,1H3. The molecule has 2 N–H and O–H groups in total. The van der Waals surface area contributed by atoms with Crippen molar-refractivity contribution >= 4 is 23.4 Å². The van der Waals surface area contributed by atoms with Crippen molar-refractivity contribution in [1.82, 2.24) is 0 Å². The van der Waals surface area contributed by atoms with E-state index in [2.05, 4.69) is 18.1 Å². The van der Waals surface area contributed by atoms with E-state index in [1.807, 2.05) is 25.9 Å². The van der Waals surface area contributed by atoms with Gasteiger partial charge in [-0.2, -0.15) is 0 Å². The summed E-state index contributed by atoms with van der Waals surface area (Å²) in [6.07, 6.45) is 0. The number of rotatable bonds is 0. The molecule has 2 heteroatoms. The van der Waals surface area contributed by atoms with Crippen LogP contribution in [0, 0.1) is 6.92 Å². The molecule has 0 radical (unpaired) electrons. The average Bonchev–Trinajstić information content (AvgIpc) is 2.07. The topological polar surface area (TPSA) is 26.0 Å². The van der Waals surface area contributed by atoms with Gasteiger partial charge in [0, 0.05) is 0 Å². The Bertz CT molecular complexity index is 383. The van der Waals surface area contributed by atoms with Crippen molar-refractivity contribution in [1.29, 1.82) is 0 Å². The molecule has 0 amide bonds. The predicted molar refractivity (Wildman–Crippen MR) is 54.4 cm³/mol. The van der Waals surface area contributed by atoms with Crippen molar-refractivity contribution in [3.63, 3.8) is 0 Å². The molecule has 0 spiro atoms. The van der Waals surface area contributed by atoms with Gasteiger partial charge in [-0.15, -0.1) is 0 Å². The molecule has 1 heterocycles. The molecule has 0 unspecified atom stereocenters. The van der Waals surface area contributed by atoms with Gasteiger partial charge >= 0.3 is 71.7 Å². The molecular weight excluding hydrogens is 145 g/mol. The second kappa shape index (κ2) is 2.63. The molecule has 0 fully saturated rings. The summed E-state index contributed by atoms with van der Waals surface area (Å²) in [4.78, 5) is 0. The van der Waals surface area contributed by atoms with Crippen molar-refractivity contribution < 1.29 is 0 Å². The van der Waals surface area contributed by atoms with Gasteiger partial charge in [0.05, 0.1) is 0 Å². The Morgan fingerprint density at radius 3 is 2.92 bits per heavy atom. The number of aryl methyl sites for hydroxylation is 1. The molecule has 58 valence electrons. The number of hydrogen-bond acceptors (Lipinski definition) is 1. The maximum absolute atomic E-state index is 5.79. The van der Waals surface area contributed by atoms with E-state index in [1.54, 1.807) is 0 Å². The summed E-state index contributed by atoms with van der Waals surface area (Å²) < 4.78 is 0. The van der Waals surface area contributed by atoms with E-state index >= 15 is 0 Å². The monoisotopic (exact) mass is 155 g/mol. The van der Waals surface area contributed by atoms with E-state index in [-0.39, 0.29) is 0 Å². The van der Waals surface area contributed by atoms with Crippen LogP contribution in [0.15, 0.2) is 30.1 Å². The van der Waals surface area contributed by atoms with Crippen LogP contribution in [0.4, 0.5) is 5.69 Å². The summed E-state index contributed by atoms with van der Waals surface area (Å²) in [5.41, 5.74) is 7.80. The molecule has 2 aromatic rings. The first-order valence-corrected chi connectivity index (χ1v) is 4.02. The van der Waals surface area contributed by atoms with Crippen molar-refractivity contribution in [2.45, 2.75) is 6.92 Å². The quantitative estimate of drug-likeness (QED) is 0.579. The Morgan fingerprint density at radius 1 is 1.25 bits per heavy atom. The van der Waals surface area contributed by atoms with Gasteiger partial charge in [0.25, 0.3) is 0 Å². The van der Waals surface area contributed by atoms with Crippen LogP contribution in [0.3, 0.4) is 0 Å². The summed E-state index contributed by atoms with van der Waals surface area (Å²) in [5, 5.41) is 2.46. The second-order valence-corrected chi connectivity index (χ2v) is 3.06. The van der Waals surface area contributed by atoms with Crippen molar-refractivity contribution in [2.75, 3.05) is 5.73 Å². The zero-order valence-electron chi connectivity index (χ0n) is 7.04. The minimum absolute atomic E-state index is 0.869. The van der Waals surface area contributed by atoms with E-state index in [1.165, 1.54) is 10.8 Å². The molecule has 2 rings (SSSR count). The first kappa shape index (κ1) is 7.35. The van der Waals surface area contributed by atoms with Gasteiger partial charge in [-0.05, 0) is 0 Å². The van der Waals surface area contributed by atoms with Crippen LogP contribution < -0.4 is 5.73 Å². The van der Waals surface area contributed by atoms with E-state index in [4.69, 9.17) is 5.73 Å². The summed E-state index contributed by atoms with van der Waals surface area (Å²) in [6, 6.07) is 6.21. The van der Waals surface area contributed by atoms with E-state index in [9.17, 15) is 0 Å². The van der Waals surface area contributed by atoms with Gasteiger partial charge in [-0.3, -0.25) is 0 Å². The van der Waals surface area contributed by atoms with E-state index in [0.29, 0.717) is 0 Å². The normalized spacial score (nSPS) is 10.1. The summed E-state index contributed by atoms with van der Waals surface area (Å²) >= 11 is 0. The molecule has 0 saturated carbocycles. The number of benzene rings is 1.